The number of carbonyl (C=O) groups excluding carboxylic acids is 2. The third-order valence-corrected chi connectivity index (χ3v) is 3.01. The van der Waals surface area contributed by atoms with Gasteiger partial charge in [-0.1, -0.05) is 39.5 Å². The van der Waals surface area contributed by atoms with Gasteiger partial charge in [-0.2, -0.15) is 0 Å². The Kier molecular flexibility index (Phi) is 9.85. The highest BCUT2D eigenvalue weighted by molar-refractivity contribution is 6.00. The van der Waals surface area contributed by atoms with Crippen molar-refractivity contribution in [1.82, 2.24) is 0 Å². The first-order valence-corrected chi connectivity index (χ1v) is 7.00. The summed E-state index contributed by atoms with van der Waals surface area (Å²) in [6.45, 7) is 4.10. The topological polar surface area (TPSA) is 52.6 Å². The van der Waals surface area contributed by atoms with Crippen molar-refractivity contribution in [1.29, 1.82) is 0 Å². The highest BCUT2D eigenvalue weighted by atomic mass is 16.5. The Morgan fingerprint density at radius 3 is 1.68 bits per heavy atom. The van der Waals surface area contributed by atoms with Gasteiger partial charge in [0.1, 0.15) is 0 Å². The summed E-state index contributed by atoms with van der Waals surface area (Å²) in [6.07, 6.45) is 6.13. The predicted molar refractivity (Wildman–Crippen MR) is 74.7 cm³/mol. The Balaban J connectivity index is 5.01. The third kappa shape index (κ3) is 6.41. The quantitative estimate of drug-likeness (QED) is 0.366. The minimum Gasteiger partial charge on any atom is -0.466 e. The molecule has 110 valence electrons. The van der Waals surface area contributed by atoms with Crippen LogP contribution in [0.3, 0.4) is 0 Å². The number of unbranched alkanes of at least 4 members (excludes halogenated alkanes) is 3. The van der Waals surface area contributed by atoms with Crippen LogP contribution in [0.1, 0.15) is 58.8 Å². The second kappa shape index (κ2) is 10.6. The minimum atomic E-state index is -0.419. The van der Waals surface area contributed by atoms with Crippen LogP contribution < -0.4 is 0 Å². The van der Waals surface area contributed by atoms with Crippen LogP contribution in [0.25, 0.3) is 0 Å². The summed E-state index contributed by atoms with van der Waals surface area (Å²) in [5.74, 6) is -0.830. The Morgan fingerprint density at radius 1 is 0.737 bits per heavy atom. The smallest absolute Gasteiger partial charge is 0.334 e. The fourth-order valence-corrected chi connectivity index (χ4v) is 1.98. The van der Waals surface area contributed by atoms with E-state index in [1.807, 2.05) is 6.92 Å². The summed E-state index contributed by atoms with van der Waals surface area (Å²) in [4.78, 5) is 23.6. The fourth-order valence-electron chi connectivity index (χ4n) is 1.98. The molecule has 0 rings (SSSR count). The fraction of sp³-hybridized carbons (Fsp3) is 0.733. The maximum absolute atomic E-state index is 11.8. The molecular formula is C15H26O4. The van der Waals surface area contributed by atoms with E-state index in [0.717, 1.165) is 32.1 Å². The van der Waals surface area contributed by atoms with Crippen molar-refractivity contribution >= 4 is 11.9 Å². The maximum atomic E-state index is 11.8. The van der Waals surface area contributed by atoms with Crippen molar-refractivity contribution < 1.29 is 19.1 Å². The van der Waals surface area contributed by atoms with E-state index in [4.69, 9.17) is 9.47 Å². The molecule has 4 nitrogen and oxygen atoms in total. The van der Waals surface area contributed by atoms with E-state index in [1.54, 1.807) is 0 Å². The molecule has 0 aliphatic rings. The van der Waals surface area contributed by atoms with E-state index in [0.29, 0.717) is 24.0 Å². The Morgan fingerprint density at radius 2 is 1.26 bits per heavy atom. The molecule has 0 aromatic heterocycles. The van der Waals surface area contributed by atoms with Crippen LogP contribution in [0.15, 0.2) is 11.1 Å². The third-order valence-electron chi connectivity index (χ3n) is 3.01. The molecular weight excluding hydrogens is 244 g/mol. The van der Waals surface area contributed by atoms with Gasteiger partial charge < -0.3 is 9.47 Å². The molecule has 0 saturated carbocycles. The van der Waals surface area contributed by atoms with Gasteiger partial charge in [0.05, 0.1) is 14.2 Å². The van der Waals surface area contributed by atoms with Crippen LogP contribution in [0.4, 0.5) is 0 Å². The number of rotatable bonds is 9. The lowest BCUT2D eigenvalue weighted by Crippen LogP contribution is -2.15. The van der Waals surface area contributed by atoms with Crippen LogP contribution in [0.5, 0.6) is 0 Å². The van der Waals surface area contributed by atoms with Gasteiger partial charge in [0.2, 0.25) is 0 Å². The van der Waals surface area contributed by atoms with Crippen LogP contribution in [-0.2, 0) is 19.1 Å². The number of ether oxygens (including phenoxy) is 2. The average molecular weight is 270 g/mol. The van der Waals surface area contributed by atoms with Crippen LogP contribution >= 0.6 is 0 Å². The summed E-state index contributed by atoms with van der Waals surface area (Å²) in [5.41, 5.74) is 0.945. The lowest BCUT2D eigenvalue weighted by atomic mass is 9.98. The first-order valence-electron chi connectivity index (χ1n) is 7.00. The molecule has 0 aliphatic heterocycles. The van der Waals surface area contributed by atoms with Gasteiger partial charge in [-0.15, -0.1) is 0 Å². The zero-order valence-electron chi connectivity index (χ0n) is 12.6. The van der Waals surface area contributed by atoms with Gasteiger partial charge in [-0.05, 0) is 19.3 Å². The number of hydrogen-bond donors (Lipinski definition) is 0. The van der Waals surface area contributed by atoms with Gasteiger partial charge >= 0.3 is 11.9 Å². The molecule has 4 heteroatoms. The van der Waals surface area contributed by atoms with Crippen molar-refractivity contribution in [2.75, 3.05) is 14.2 Å². The van der Waals surface area contributed by atoms with Gasteiger partial charge in [0.25, 0.3) is 0 Å². The predicted octanol–water partition coefficient (Wildman–Crippen LogP) is 3.40. The van der Waals surface area contributed by atoms with Crippen LogP contribution in [-0.4, -0.2) is 26.2 Å². The lowest BCUT2D eigenvalue weighted by Gasteiger charge is -2.12. The van der Waals surface area contributed by atoms with E-state index in [1.165, 1.54) is 14.2 Å². The van der Waals surface area contributed by atoms with E-state index in [9.17, 15) is 9.59 Å². The monoisotopic (exact) mass is 270 g/mol. The van der Waals surface area contributed by atoms with Gasteiger partial charge in [0, 0.05) is 11.1 Å². The summed E-state index contributed by atoms with van der Waals surface area (Å²) in [5, 5.41) is 0. The summed E-state index contributed by atoms with van der Waals surface area (Å²) >= 11 is 0. The highest BCUT2D eigenvalue weighted by Gasteiger charge is 2.21. The van der Waals surface area contributed by atoms with E-state index >= 15 is 0 Å². The summed E-state index contributed by atoms with van der Waals surface area (Å²) < 4.78 is 9.55. The highest BCUT2D eigenvalue weighted by Crippen LogP contribution is 2.20. The van der Waals surface area contributed by atoms with Gasteiger partial charge in [-0.25, -0.2) is 9.59 Å². The van der Waals surface area contributed by atoms with Crippen LogP contribution in [0, 0.1) is 0 Å². The van der Waals surface area contributed by atoms with Gasteiger partial charge in [-0.3, -0.25) is 0 Å². The van der Waals surface area contributed by atoms with E-state index < -0.39 is 11.9 Å². The average Bonchev–Trinajstić information content (AvgIpc) is 2.44. The molecule has 0 aliphatic carbocycles. The van der Waals surface area contributed by atoms with E-state index in [-0.39, 0.29) is 0 Å². The number of esters is 2. The van der Waals surface area contributed by atoms with Crippen molar-refractivity contribution in [3.8, 4) is 0 Å². The molecule has 0 unspecified atom stereocenters. The Labute approximate surface area is 116 Å². The molecule has 0 heterocycles. The SMILES string of the molecule is CCCCCCC(C(=O)OC)=C(CCC)C(=O)OC. The number of methoxy groups -OCH3 is 2. The normalized spacial score (nSPS) is 11.8. The van der Waals surface area contributed by atoms with Crippen molar-refractivity contribution in [2.45, 2.75) is 58.8 Å². The Bertz CT molecular complexity index is 318. The largest absolute Gasteiger partial charge is 0.466 e. The van der Waals surface area contributed by atoms with Crippen molar-refractivity contribution in [3.63, 3.8) is 0 Å². The van der Waals surface area contributed by atoms with Crippen molar-refractivity contribution in [3.05, 3.63) is 11.1 Å². The molecule has 0 aromatic carbocycles. The molecule has 0 radical (unpaired) electrons. The number of hydrogen-bond acceptors (Lipinski definition) is 4. The minimum absolute atomic E-state index is 0.412. The summed E-state index contributed by atoms with van der Waals surface area (Å²) in [7, 11) is 2.68. The number of carbonyl (C=O) groups is 2. The molecule has 0 saturated heterocycles. The molecule has 0 bridgehead atoms. The van der Waals surface area contributed by atoms with Gasteiger partial charge in [0.15, 0.2) is 0 Å². The van der Waals surface area contributed by atoms with E-state index in [2.05, 4.69) is 6.92 Å². The summed E-state index contributed by atoms with van der Waals surface area (Å²) in [6, 6.07) is 0. The second-order valence-corrected chi connectivity index (χ2v) is 4.50. The van der Waals surface area contributed by atoms with Crippen molar-refractivity contribution in [2.24, 2.45) is 0 Å². The first kappa shape index (κ1) is 17.7. The Hall–Kier alpha value is -1.32. The maximum Gasteiger partial charge on any atom is 0.334 e. The first-order chi connectivity index (χ1) is 9.12. The molecule has 0 spiro atoms. The molecule has 0 amide bonds. The molecule has 0 N–H and O–H groups in total. The zero-order valence-corrected chi connectivity index (χ0v) is 12.6. The standard InChI is InChI=1S/C15H26O4/c1-5-7-8-9-11-13(15(17)19-4)12(10-6-2)14(16)18-3/h5-11H2,1-4H3. The second-order valence-electron chi connectivity index (χ2n) is 4.50. The molecule has 0 atom stereocenters. The molecule has 19 heavy (non-hydrogen) atoms. The zero-order chi connectivity index (χ0) is 14.7. The molecule has 0 fully saturated rings. The van der Waals surface area contributed by atoms with Crippen LogP contribution in [0.2, 0.25) is 0 Å². The lowest BCUT2D eigenvalue weighted by molar-refractivity contribution is -0.139. The molecule has 0 aromatic rings.